The van der Waals surface area contributed by atoms with Crippen LogP contribution in [0, 0.1) is 0 Å². The van der Waals surface area contributed by atoms with E-state index in [4.69, 9.17) is 0 Å². The summed E-state index contributed by atoms with van der Waals surface area (Å²) in [5.41, 5.74) is 0.558. The van der Waals surface area contributed by atoms with Crippen molar-refractivity contribution in [3.8, 4) is 0 Å². The third-order valence-corrected chi connectivity index (χ3v) is 3.00. The highest BCUT2D eigenvalue weighted by Crippen LogP contribution is 2.23. The minimum absolute atomic E-state index is 0.335. The van der Waals surface area contributed by atoms with Crippen LogP contribution >= 0.6 is 0 Å². The summed E-state index contributed by atoms with van der Waals surface area (Å²) < 4.78 is 36.6. The standard InChI is InChI=1S/C13H13F3N2O2/c14-13(15,16)6-7-18-8-10(19)17-11(12(18)20)9-4-2-1-3-5-9/h1-5,11H,6-8H2,(H,17,19). The zero-order valence-corrected chi connectivity index (χ0v) is 10.5. The van der Waals surface area contributed by atoms with Crippen molar-refractivity contribution in [3.63, 3.8) is 0 Å². The number of halogens is 3. The summed E-state index contributed by atoms with van der Waals surface area (Å²) in [7, 11) is 0. The molecule has 0 bridgehead atoms. The van der Waals surface area contributed by atoms with Gasteiger partial charge < -0.3 is 10.2 Å². The number of alkyl halides is 3. The van der Waals surface area contributed by atoms with E-state index in [1.54, 1.807) is 30.3 Å². The lowest BCUT2D eigenvalue weighted by Crippen LogP contribution is -2.53. The molecule has 0 saturated carbocycles. The first-order valence-electron chi connectivity index (χ1n) is 6.07. The van der Waals surface area contributed by atoms with Gasteiger partial charge in [-0.3, -0.25) is 9.59 Å². The van der Waals surface area contributed by atoms with Gasteiger partial charge in [0.2, 0.25) is 11.8 Å². The fraction of sp³-hybridized carbons (Fsp3) is 0.385. The maximum atomic E-state index is 12.2. The van der Waals surface area contributed by atoms with E-state index in [1.165, 1.54) is 0 Å². The van der Waals surface area contributed by atoms with E-state index in [-0.39, 0.29) is 6.54 Å². The van der Waals surface area contributed by atoms with Crippen LogP contribution in [0.1, 0.15) is 18.0 Å². The smallest absolute Gasteiger partial charge is 0.339 e. The van der Waals surface area contributed by atoms with Gasteiger partial charge in [-0.2, -0.15) is 13.2 Å². The average Bonchev–Trinajstić information content (AvgIpc) is 2.39. The van der Waals surface area contributed by atoms with E-state index in [0.717, 1.165) is 4.90 Å². The molecule has 1 aromatic rings. The number of carbonyl (C=O) groups excluding carboxylic acids is 2. The van der Waals surface area contributed by atoms with Crippen LogP contribution in [0.2, 0.25) is 0 Å². The van der Waals surface area contributed by atoms with Crippen LogP contribution in [0.5, 0.6) is 0 Å². The van der Waals surface area contributed by atoms with Crippen LogP contribution in [-0.2, 0) is 9.59 Å². The molecule has 1 N–H and O–H groups in total. The zero-order valence-electron chi connectivity index (χ0n) is 10.5. The van der Waals surface area contributed by atoms with E-state index >= 15 is 0 Å². The predicted molar refractivity (Wildman–Crippen MR) is 64.6 cm³/mol. The average molecular weight is 286 g/mol. The van der Waals surface area contributed by atoms with Crippen molar-refractivity contribution in [2.75, 3.05) is 13.1 Å². The maximum Gasteiger partial charge on any atom is 0.390 e. The first-order chi connectivity index (χ1) is 9.37. The van der Waals surface area contributed by atoms with E-state index in [9.17, 15) is 22.8 Å². The third kappa shape index (κ3) is 3.49. The molecule has 1 unspecified atom stereocenters. The number of hydrogen-bond donors (Lipinski definition) is 1. The Bertz CT molecular complexity index is 502. The monoisotopic (exact) mass is 286 g/mol. The second-order valence-electron chi connectivity index (χ2n) is 4.54. The van der Waals surface area contributed by atoms with Crippen LogP contribution in [0.4, 0.5) is 13.2 Å². The molecule has 1 heterocycles. The minimum Gasteiger partial charge on any atom is -0.339 e. The summed E-state index contributed by atoms with van der Waals surface area (Å²) in [5, 5.41) is 2.50. The van der Waals surface area contributed by atoms with E-state index < -0.39 is 37.0 Å². The molecular formula is C13H13F3N2O2. The maximum absolute atomic E-state index is 12.2. The van der Waals surface area contributed by atoms with Gasteiger partial charge in [-0.05, 0) is 5.56 Å². The van der Waals surface area contributed by atoms with Gasteiger partial charge in [-0.1, -0.05) is 30.3 Å². The molecule has 1 saturated heterocycles. The highest BCUT2D eigenvalue weighted by atomic mass is 19.4. The Labute approximate surface area is 113 Å². The number of rotatable bonds is 3. The molecule has 2 amide bonds. The van der Waals surface area contributed by atoms with Crippen molar-refractivity contribution in [1.82, 2.24) is 10.2 Å². The van der Waals surface area contributed by atoms with Gasteiger partial charge in [0.15, 0.2) is 0 Å². The summed E-state index contributed by atoms with van der Waals surface area (Å²) in [6.07, 6.45) is -5.47. The second kappa shape index (κ2) is 5.52. The van der Waals surface area contributed by atoms with Crippen molar-refractivity contribution in [3.05, 3.63) is 35.9 Å². The third-order valence-electron chi connectivity index (χ3n) is 3.00. The van der Waals surface area contributed by atoms with Crippen LogP contribution in [0.25, 0.3) is 0 Å². The molecule has 0 aliphatic carbocycles. The lowest BCUT2D eigenvalue weighted by molar-refractivity contribution is -0.153. The SMILES string of the molecule is O=C1CN(CCC(F)(F)F)C(=O)C(c2ccccc2)N1. The molecule has 108 valence electrons. The summed E-state index contributed by atoms with van der Waals surface area (Å²) in [4.78, 5) is 24.6. The van der Waals surface area contributed by atoms with Crippen LogP contribution < -0.4 is 5.32 Å². The molecule has 1 aliphatic rings. The van der Waals surface area contributed by atoms with Crippen molar-refractivity contribution in [2.45, 2.75) is 18.6 Å². The Morgan fingerprint density at radius 3 is 2.45 bits per heavy atom. The molecule has 1 aromatic carbocycles. The number of benzene rings is 1. The normalized spacial score (nSPS) is 19.9. The summed E-state index contributed by atoms with van der Waals surface area (Å²) >= 11 is 0. The van der Waals surface area contributed by atoms with Gasteiger partial charge in [0.25, 0.3) is 0 Å². The van der Waals surface area contributed by atoms with Gasteiger partial charge in [0.05, 0.1) is 13.0 Å². The summed E-state index contributed by atoms with van der Waals surface area (Å²) in [6.45, 7) is -0.836. The van der Waals surface area contributed by atoms with Gasteiger partial charge >= 0.3 is 6.18 Å². The quantitative estimate of drug-likeness (QED) is 0.918. The van der Waals surface area contributed by atoms with Crippen molar-refractivity contribution in [1.29, 1.82) is 0 Å². The highest BCUT2D eigenvalue weighted by Gasteiger charge is 2.36. The van der Waals surface area contributed by atoms with E-state index in [0.29, 0.717) is 5.56 Å². The molecule has 0 radical (unpaired) electrons. The lowest BCUT2D eigenvalue weighted by Gasteiger charge is -2.32. The van der Waals surface area contributed by atoms with Crippen LogP contribution in [0.15, 0.2) is 30.3 Å². The Hall–Kier alpha value is -2.05. The number of nitrogens with zero attached hydrogens (tertiary/aromatic N) is 1. The van der Waals surface area contributed by atoms with Gasteiger partial charge in [-0.25, -0.2) is 0 Å². The zero-order chi connectivity index (χ0) is 14.8. The molecule has 2 rings (SSSR count). The lowest BCUT2D eigenvalue weighted by atomic mass is 10.0. The van der Waals surface area contributed by atoms with Gasteiger partial charge in [0, 0.05) is 6.54 Å². The van der Waals surface area contributed by atoms with E-state index in [2.05, 4.69) is 5.32 Å². The minimum atomic E-state index is -4.35. The van der Waals surface area contributed by atoms with Crippen molar-refractivity contribution >= 4 is 11.8 Å². The largest absolute Gasteiger partial charge is 0.390 e. The first kappa shape index (κ1) is 14.4. The molecule has 4 nitrogen and oxygen atoms in total. The van der Waals surface area contributed by atoms with Crippen LogP contribution in [-0.4, -0.2) is 36.0 Å². The number of amides is 2. The number of carbonyl (C=O) groups is 2. The molecule has 1 fully saturated rings. The molecule has 0 aromatic heterocycles. The van der Waals surface area contributed by atoms with Crippen molar-refractivity contribution in [2.24, 2.45) is 0 Å². The molecular weight excluding hydrogens is 273 g/mol. The summed E-state index contributed by atoms with van der Waals surface area (Å²) in [6, 6.07) is 7.53. The van der Waals surface area contributed by atoms with Gasteiger partial charge in [0.1, 0.15) is 6.04 Å². The Kier molecular flexibility index (Phi) is 3.96. The molecule has 1 atom stereocenters. The number of nitrogens with one attached hydrogen (secondary N) is 1. The predicted octanol–water partition coefficient (Wildman–Crippen LogP) is 1.64. The second-order valence-corrected chi connectivity index (χ2v) is 4.54. The fourth-order valence-electron chi connectivity index (χ4n) is 2.02. The molecule has 0 spiro atoms. The molecule has 7 heteroatoms. The van der Waals surface area contributed by atoms with Crippen LogP contribution in [0.3, 0.4) is 0 Å². The van der Waals surface area contributed by atoms with Crippen molar-refractivity contribution < 1.29 is 22.8 Å². The van der Waals surface area contributed by atoms with Gasteiger partial charge in [-0.15, -0.1) is 0 Å². The molecule has 20 heavy (non-hydrogen) atoms. The fourth-order valence-corrected chi connectivity index (χ4v) is 2.02. The first-order valence-corrected chi connectivity index (χ1v) is 6.07. The van der Waals surface area contributed by atoms with E-state index in [1.807, 2.05) is 0 Å². The Morgan fingerprint density at radius 2 is 1.85 bits per heavy atom. The number of hydrogen-bond acceptors (Lipinski definition) is 2. The Balaban J connectivity index is 2.12. The highest BCUT2D eigenvalue weighted by molar-refractivity contribution is 5.95. The molecule has 1 aliphatic heterocycles. The Morgan fingerprint density at radius 1 is 1.20 bits per heavy atom. The topological polar surface area (TPSA) is 49.4 Å². The number of piperazine rings is 1. The summed E-state index contributed by atoms with van der Waals surface area (Å²) in [5.74, 6) is -0.972.